The van der Waals surface area contributed by atoms with Gasteiger partial charge in [0, 0.05) is 9.86 Å². The van der Waals surface area contributed by atoms with E-state index < -0.39 is 11.6 Å². The topological polar surface area (TPSA) is 25.8 Å². The predicted octanol–water partition coefficient (Wildman–Crippen LogP) is 4.99. The first-order chi connectivity index (χ1) is 9.58. The van der Waals surface area contributed by atoms with E-state index in [9.17, 15) is 8.78 Å². The first-order valence-electron chi connectivity index (χ1n) is 5.64. The Morgan fingerprint density at radius 1 is 1.00 bits per heavy atom. The quantitative estimate of drug-likeness (QED) is 0.575. The third-order valence-electron chi connectivity index (χ3n) is 2.82. The molecule has 0 unspecified atom stereocenters. The van der Waals surface area contributed by atoms with Crippen molar-refractivity contribution in [3.8, 4) is 11.4 Å². The molecule has 0 saturated heterocycles. The fourth-order valence-electron chi connectivity index (χ4n) is 1.88. The standard InChI is InChI=1S/C14H6BrClF2N2/c15-9-5-1-4-8-12(9)19-14(20-13(8)16)7-3-2-6-10(17)11(7)18/h1-6H. The lowest BCUT2D eigenvalue weighted by Crippen LogP contribution is -1.96. The van der Waals surface area contributed by atoms with Crippen LogP contribution < -0.4 is 0 Å². The monoisotopic (exact) mass is 354 g/mol. The van der Waals surface area contributed by atoms with Crippen molar-refractivity contribution in [2.45, 2.75) is 0 Å². The van der Waals surface area contributed by atoms with Gasteiger partial charge in [-0.25, -0.2) is 18.7 Å². The van der Waals surface area contributed by atoms with Crippen LogP contribution in [0, 0.1) is 11.6 Å². The normalized spacial score (nSPS) is 11.0. The summed E-state index contributed by atoms with van der Waals surface area (Å²) in [7, 11) is 0. The second-order valence-corrected chi connectivity index (χ2v) is 5.29. The van der Waals surface area contributed by atoms with Crippen LogP contribution in [0.4, 0.5) is 8.78 Å². The van der Waals surface area contributed by atoms with E-state index in [2.05, 4.69) is 25.9 Å². The van der Waals surface area contributed by atoms with Gasteiger partial charge in [0.2, 0.25) is 0 Å². The van der Waals surface area contributed by atoms with Crippen LogP contribution in [0.15, 0.2) is 40.9 Å². The Hall–Kier alpha value is -1.59. The zero-order chi connectivity index (χ0) is 14.3. The minimum Gasteiger partial charge on any atom is -0.227 e. The molecule has 0 aliphatic carbocycles. The average Bonchev–Trinajstić information content (AvgIpc) is 2.43. The smallest absolute Gasteiger partial charge is 0.169 e. The minimum atomic E-state index is -0.991. The molecule has 2 aromatic carbocycles. The number of aromatic nitrogens is 2. The highest BCUT2D eigenvalue weighted by Crippen LogP contribution is 2.30. The first-order valence-corrected chi connectivity index (χ1v) is 6.81. The second kappa shape index (κ2) is 5.07. The third kappa shape index (κ3) is 2.17. The van der Waals surface area contributed by atoms with E-state index in [1.807, 2.05) is 0 Å². The summed E-state index contributed by atoms with van der Waals surface area (Å²) < 4.78 is 27.8. The van der Waals surface area contributed by atoms with E-state index >= 15 is 0 Å². The summed E-state index contributed by atoms with van der Waals surface area (Å²) in [5, 5.41) is 0.830. The summed E-state index contributed by atoms with van der Waals surface area (Å²) in [5.74, 6) is -1.89. The van der Waals surface area contributed by atoms with Gasteiger partial charge in [-0.1, -0.05) is 23.7 Å². The first kappa shape index (κ1) is 13.4. The Bertz CT molecular complexity index is 824. The molecule has 3 aromatic rings. The van der Waals surface area contributed by atoms with Crippen LogP contribution in [-0.4, -0.2) is 9.97 Å². The molecule has 0 saturated carbocycles. The van der Waals surface area contributed by atoms with Crippen molar-refractivity contribution < 1.29 is 8.78 Å². The van der Waals surface area contributed by atoms with E-state index in [0.717, 1.165) is 6.07 Å². The summed E-state index contributed by atoms with van der Waals surface area (Å²) in [4.78, 5) is 8.30. The van der Waals surface area contributed by atoms with E-state index in [-0.39, 0.29) is 16.5 Å². The lowest BCUT2D eigenvalue weighted by molar-refractivity contribution is 0.510. The van der Waals surface area contributed by atoms with Crippen molar-refractivity contribution in [2.75, 3.05) is 0 Å². The minimum absolute atomic E-state index is 0.0236. The maximum Gasteiger partial charge on any atom is 0.169 e. The van der Waals surface area contributed by atoms with Gasteiger partial charge in [-0.2, -0.15) is 0 Å². The molecule has 1 heterocycles. The highest BCUT2D eigenvalue weighted by Gasteiger charge is 2.15. The van der Waals surface area contributed by atoms with Gasteiger partial charge in [0.15, 0.2) is 17.5 Å². The van der Waals surface area contributed by atoms with E-state index in [4.69, 9.17) is 11.6 Å². The summed E-state index contributed by atoms with van der Waals surface area (Å²) in [6.45, 7) is 0. The number of halogens is 4. The van der Waals surface area contributed by atoms with E-state index in [0.29, 0.717) is 15.4 Å². The molecule has 20 heavy (non-hydrogen) atoms. The number of hydrogen-bond acceptors (Lipinski definition) is 2. The molecule has 0 radical (unpaired) electrons. The molecule has 1 aromatic heterocycles. The molecule has 0 atom stereocenters. The summed E-state index contributed by atoms with van der Waals surface area (Å²) in [6, 6.07) is 9.19. The van der Waals surface area contributed by atoms with Crippen LogP contribution in [0.2, 0.25) is 5.15 Å². The fraction of sp³-hybridized carbons (Fsp3) is 0. The molecule has 100 valence electrons. The van der Waals surface area contributed by atoms with Crippen LogP contribution in [0.3, 0.4) is 0 Å². The Kier molecular flexibility index (Phi) is 3.40. The van der Waals surface area contributed by atoms with Crippen molar-refractivity contribution in [3.63, 3.8) is 0 Å². The van der Waals surface area contributed by atoms with Gasteiger partial charge in [-0.15, -0.1) is 0 Å². The van der Waals surface area contributed by atoms with Crippen molar-refractivity contribution in [1.29, 1.82) is 0 Å². The molecular formula is C14H6BrClF2N2. The van der Waals surface area contributed by atoms with Gasteiger partial charge in [0.1, 0.15) is 5.15 Å². The molecule has 0 N–H and O–H groups in total. The number of fused-ring (bicyclic) bond motifs is 1. The molecule has 0 aliphatic rings. The van der Waals surface area contributed by atoms with Crippen molar-refractivity contribution >= 4 is 38.4 Å². The van der Waals surface area contributed by atoms with Gasteiger partial charge in [-0.3, -0.25) is 0 Å². The third-order valence-corrected chi connectivity index (χ3v) is 3.75. The number of benzene rings is 2. The van der Waals surface area contributed by atoms with Crippen LogP contribution in [0.25, 0.3) is 22.3 Å². The Morgan fingerprint density at radius 3 is 2.55 bits per heavy atom. The number of nitrogens with zero attached hydrogens (tertiary/aromatic N) is 2. The van der Waals surface area contributed by atoms with E-state index in [1.165, 1.54) is 12.1 Å². The Morgan fingerprint density at radius 2 is 1.75 bits per heavy atom. The Labute approximate surface area is 126 Å². The summed E-state index contributed by atoms with van der Waals surface area (Å²) in [5.41, 5.74) is 0.524. The molecular weight excluding hydrogens is 350 g/mol. The number of rotatable bonds is 1. The average molecular weight is 356 g/mol. The molecule has 0 bridgehead atoms. The van der Waals surface area contributed by atoms with Gasteiger partial charge < -0.3 is 0 Å². The van der Waals surface area contributed by atoms with Gasteiger partial charge in [-0.05, 0) is 40.2 Å². The molecule has 3 rings (SSSR count). The van der Waals surface area contributed by atoms with Crippen LogP contribution >= 0.6 is 27.5 Å². The molecule has 0 fully saturated rings. The molecule has 2 nitrogen and oxygen atoms in total. The largest absolute Gasteiger partial charge is 0.227 e. The van der Waals surface area contributed by atoms with Crippen LogP contribution in [0.1, 0.15) is 0 Å². The molecule has 0 spiro atoms. The number of para-hydroxylation sites is 1. The van der Waals surface area contributed by atoms with Crippen molar-refractivity contribution in [2.24, 2.45) is 0 Å². The summed E-state index contributed by atoms with van der Waals surface area (Å²) >= 11 is 9.44. The van der Waals surface area contributed by atoms with E-state index in [1.54, 1.807) is 18.2 Å². The van der Waals surface area contributed by atoms with Crippen molar-refractivity contribution in [1.82, 2.24) is 9.97 Å². The predicted molar refractivity (Wildman–Crippen MR) is 77.6 cm³/mol. The zero-order valence-electron chi connectivity index (χ0n) is 9.87. The molecule has 0 amide bonds. The van der Waals surface area contributed by atoms with Gasteiger partial charge >= 0.3 is 0 Å². The van der Waals surface area contributed by atoms with Crippen LogP contribution in [-0.2, 0) is 0 Å². The second-order valence-electron chi connectivity index (χ2n) is 4.08. The summed E-state index contributed by atoms with van der Waals surface area (Å²) in [6.07, 6.45) is 0. The lowest BCUT2D eigenvalue weighted by Gasteiger charge is -2.07. The molecule has 0 aliphatic heterocycles. The van der Waals surface area contributed by atoms with Gasteiger partial charge in [0.25, 0.3) is 0 Å². The maximum atomic E-state index is 13.8. The lowest BCUT2D eigenvalue weighted by atomic mass is 10.1. The molecule has 6 heteroatoms. The highest BCUT2D eigenvalue weighted by atomic mass is 79.9. The van der Waals surface area contributed by atoms with Crippen LogP contribution in [0.5, 0.6) is 0 Å². The maximum absolute atomic E-state index is 13.8. The fourth-order valence-corrected chi connectivity index (χ4v) is 2.56. The zero-order valence-corrected chi connectivity index (χ0v) is 12.2. The van der Waals surface area contributed by atoms with Crippen molar-refractivity contribution in [3.05, 3.63) is 57.7 Å². The van der Waals surface area contributed by atoms with Gasteiger partial charge in [0.05, 0.1) is 11.1 Å². The number of hydrogen-bond donors (Lipinski definition) is 0. The Balaban J connectivity index is 2.33. The highest BCUT2D eigenvalue weighted by molar-refractivity contribution is 9.10. The SMILES string of the molecule is Fc1cccc(-c2nc(Cl)c3cccc(Br)c3n2)c1F.